The van der Waals surface area contributed by atoms with Crippen LogP contribution in [-0.4, -0.2) is 21.9 Å². The molecule has 1 amide bonds. The number of anilines is 1. The fourth-order valence-corrected chi connectivity index (χ4v) is 2.37. The van der Waals surface area contributed by atoms with Gasteiger partial charge in [0.1, 0.15) is 11.6 Å². The Morgan fingerprint density at radius 2 is 2.24 bits per heavy atom. The highest BCUT2D eigenvalue weighted by Crippen LogP contribution is 2.19. The maximum Gasteiger partial charge on any atom is 0.233 e. The van der Waals surface area contributed by atoms with Crippen molar-refractivity contribution in [3.8, 4) is 0 Å². The van der Waals surface area contributed by atoms with Gasteiger partial charge in [-0.2, -0.15) is 0 Å². The molecular formula is C11H13FN2O2S. The van der Waals surface area contributed by atoms with Gasteiger partial charge in [0.15, 0.2) is 0 Å². The summed E-state index contributed by atoms with van der Waals surface area (Å²) < 4.78 is 25.2. The van der Waals surface area contributed by atoms with E-state index < -0.39 is 16.6 Å². The summed E-state index contributed by atoms with van der Waals surface area (Å²) in [5, 5.41) is 2.71. The second kappa shape index (κ2) is 4.83. The van der Waals surface area contributed by atoms with Gasteiger partial charge < -0.3 is 11.1 Å². The standard InChI is InChI=1S/C11H13FN2O2S/c12-9-5-7(13)1-4-10(9)17(16)6-11(15)14-8-2-3-8/h1,4-5,8H,2-3,6,13H2,(H,14,15). The Hall–Kier alpha value is -1.43. The molecule has 1 fully saturated rings. The molecule has 1 aromatic carbocycles. The lowest BCUT2D eigenvalue weighted by Crippen LogP contribution is -2.30. The lowest BCUT2D eigenvalue weighted by Gasteiger charge is -2.05. The first kappa shape index (κ1) is 12.0. The molecule has 0 spiro atoms. The van der Waals surface area contributed by atoms with E-state index in [1.54, 1.807) is 0 Å². The van der Waals surface area contributed by atoms with Crippen molar-refractivity contribution in [3.05, 3.63) is 24.0 Å². The molecule has 1 aliphatic rings. The van der Waals surface area contributed by atoms with E-state index in [1.807, 2.05) is 0 Å². The number of amides is 1. The molecule has 17 heavy (non-hydrogen) atoms. The first-order valence-corrected chi connectivity index (χ1v) is 6.61. The number of hydrogen-bond donors (Lipinski definition) is 2. The zero-order valence-electron chi connectivity index (χ0n) is 9.11. The highest BCUT2D eigenvalue weighted by molar-refractivity contribution is 7.85. The van der Waals surface area contributed by atoms with Gasteiger partial charge >= 0.3 is 0 Å². The molecule has 1 saturated carbocycles. The molecule has 92 valence electrons. The van der Waals surface area contributed by atoms with Gasteiger partial charge in [-0.15, -0.1) is 0 Å². The van der Waals surface area contributed by atoms with Crippen molar-refractivity contribution >= 4 is 22.4 Å². The minimum atomic E-state index is -1.66. The van der Waals surface area contributed by atoms with Crippen LogP contribution in [-0.2, 0) is 15.6 Å². The van der Waals surface area contributed by atoms with Crippen molar-refractivity contribution in [2.24, 2.45) is 0 Å². The molecule has 0 heterocycles. The number of nitrogens with two attached hydrogens (primary N) is 1. The Morgan fingerprint density at radius 3 is 2.82 bits per heavy atom. The number of hydrogen-bond acceptors (Lipinski definition) is 3. The summed E-state index contributed by atoms with van der Waals surface area (Å²) in [7, 11) is -1.66. The van der Waals surface area contributed by atoms with Crippen LogP contribution in [0.4, 0.5) is 10.1 Å². The molecule has 0 bridgehead atoms. The number of carbonyl (C=O) groups is 1. The fraction of sp³-hybridized carbons (Fsp3) is 0.364. The van der Waals surface area contributed by atoms with Crippen molar-refractivity contribution in [1.29, 1.82) is 0 Å². The monoisotopic (exact) mass is 256 g/mol. The van der Waals surface area contributed by atoms with Crippen LogP contribution < -0.4 is 11.1 Å². The molecule has 6 heteroatoms. The van der Waals surface area contributed by atoms with Crippen LogP contribution in [0.1, 0.15) is 12.8 Å². The fourth-order valence-electron chi connectivity index (χ4n) is 1.40. The third-order valence-electron chi connectivity index (χ3n) is 2.41. The molecule has 0 aromatic heterocycles. The van der Waals surface area contributed by atoms with Gasteiger partial charge in [-0.25, -0.2) is 4.39 Å². The van der Waals surface area contributed by atoms with E-state index in [0.717, 1.165) is 18.9 Å². The van der Waals surface area contributed by atoms with Crippen molar-refractivity contribution in [2.75, 3.05) is 11.5 Å². The molecule has 0 aliphatic heterocycles. The van der Waals surface area contributed by atoms with E-state index >= 15 is 0 Å². The maximum atomic E-state index is 13.4. The van der Waals surface area contributed by atoms with Gasteiger partial charge in [0.25, 0.3) is 0 Å². The first-order chi connectivity index (χ1) is 8.06. The highest BCUT2D eigenvalue weighted by Gasteiger charge is 2.24. The molecule has 1 atom stereocenters. The van der Waals surface area contributed by atoms with Gasteiger partial charge in [-0.05, 0) is 31.0 Å². The average molecular weight is 256 g/mol. The third kappa shape index (κ3) is 3.26. The van der Waals surface area contributed by atoms with Gasteiger partial charge in [0, 0.05) is 11.7 Å². The quantitative estimate of drug-likeness (QED) is 0.782. The number of halogens is 1. The van der Waals surface area contributed by atoms with E-state index in [9.17, 15) is 13.4 Å². The second-order valence-electron chi connectivity index (χ2n) is 4.02. The van der Waals surface area contributed by atoms with Gasteiger partial charge in [0.2, 0.25) is 5.91 Å². The van der Waals surface area contributed by atoms with Crippen LogP contribution in [0.15, 0.2) is 23.1 Å². The zero-order chi connectivity index (χ0) is 12.4. The Kier molecular flexibility index (Phi) is 3.42. The third-order valence-corrected chi connectivity index (χ3v) is 3.75. The van der Waals surface area contributed by atoms with Crippen LogP contribution in [0.25, 0.3) is 0 Å². The lowest BCUT2D eigenvalue weighted by molar-refractivity contribution is -0.118. The predicted octanol–water partition coefficient (Wildman–Crippen LogP) is 0.794. The summed E-state index contributed by atoms with van der Waals surface area (Å²) in [6.45, 7) is 0. The molecular weight excluding hydrogens is 243 g/mol. The Balaban J connectivity index is 2.00. The molecule has 4 nitrogen and oxygen atoms in total. The van der Waals surface area contributed by atoms with Gasteiger partial charge in [0.05, 0.1) is 15.7 Å². The van der Waals surface area contributed by atoms with Gasteiger partial charge in [-0.1, -0.05) is 0 Å². The van der Waals surface area contributed by atoms with Gasteiger partial charge in [-0.3, -0.25) is 9.00 Å². The van der Waals surface area contributed by atoms with E-state index in [-0.39, 0.29) is 28.3 Å². The van der Waals surface area contributed by atoms with Crippen molar-refractivity contribution < 1.29 is 13.4 Å². The Morgan fingerprint density at radius 1 is 1.53 bits per heavy atom. The van der Waals surface area contributed by atoms with E-state index in [4.69, 9.17) is 5.73 Å². The predicted molar refractivity (Wildman–Crippen MR) is 63.3 cm³/mol. The van der Waals surface area contributed by atoms with E-state index in [1.165, 1.54) is 12.1 Å². The minimum absolute atomic E-state index is 0.0187. The maximum absolute atomic E-state index is 13.4. The van der Waals surface area contributed by atoms with Crippen molar-refractivity contribution in [3.63, 3.8) is 0 Å². The van der Waals surface area contributed by atoms with Crippen molar-refractivity contribution in [1.82, 2.24) is 5.32 Å². The highest BCUT2D eigenvalue weighted by atomic mass is 32.2. The molecule has 3 N–H and O–H groups in total. The number of rotatable bonds is 4. The molecule has 0 radical (unpaired) electrons. The molecule has 1 aromatic rings. The Labute approximate surface area is 101 Å². The number of nitrogen functional groups attached to an aromatic ring is 1. The summed E-state index contributed by atoms with van der Waals surface area (Å²) >= 11 is 0. The number of nitrogens with one attached hydrogen (secondary N) is 1. The number of benzene rings is 1. The van der Waals surface area contributed by atoms with Crippen LogP contribution in [0.5, 0.6) is 0 Å². The topological polar surface area (TPSA) is 72.2 Å². The largest absolute Gasteiger partial charge is 0.399 e. The zero-order valence-corrected chi connectivity index (χ0v) is 9.93. The molecule has 2 rings (SSSR count). The summed E-state index contributed by atoms with van der Waals surface area (Å²) in [5.74, 6) is -1.15. The second-order valence-corrected chi connectivity index (χ2v) is 5.44. The minimum Gasteiger partial charge on any atom is -0.399 e. The normalized spacial score (nSPS) is 16.5. The van der Waals surface area contributed by atoms with Crippen LogP contribution >= 0.6 is 0 Å². The smallest absolute Gasteiger partial charge is 0.233 e. The summed E-state index contributed by atoms with van der Waals surface area (Å²) in [4.78, 5) is 11.4. The van der Waals surface area contributed by atoms with Crippen LogP contribution in [0, 0.1) is 5.82 Å². The lowest BCUT2D eigenvalue weighted by atomic mass is 10.3. The van der Waals surface area contributed by atoms with Crippen molar-refractivity contribution in [2.45, 2.75) is 23.8 Å². The first-order valence-electron chi connectivity index (χ1n) is 5.29. The van der Waals surface area contributed by atoms with E-state index in [2.05, 4.69) is 5.32 Å². The van der Waals surface area contributed by atoms with Crippen LogP contribution in [0.3, 0.4) is 0 Å². The number of carbonyl (C=O) groups excluding carboxylic acids is 1. The Bertz CT molecular complexity index is 475. The van der Waals surface area contributed by atoms with Crippen LogP contribution in [0.2, 0.25) is 0 Å². The summed E-state index contributed by atoms with van der Waals surface area (Å²) in [5.41, 5.74) is 5.65. The molecule has 0 saturated heterocycles. The van der Waals surface area contributed by atoms with E-state index in [0.29, 0.717) is 0 Å². The average Bonchev–Trinajstić information content (AvgIpc) is 3.00. The summed E-state index contributed by atoms with van der Waals surface area (Å²) in [6.07, 6.45) is 1.93. The molecule has 1 unspecified atom stereocenters. The summed E-state index contributed by atoms with van der Waals surface area (Å²) in [6, 6.07) is 4.14. The molecule has 1 aliphatic carbocycles. The SMILES string of the molecule is Nc1ccc(S(=O)CC(=O)NC2CC2)c(F)c1.